The van der Waals surface area contributed by atoms with Gasteiger partial charge in [-0.05, 0) is 19.3 Å². The Labute approximate surface area is 119 Å². The topological polar surface area (TPSA) is 56.1 Å². The van der Waals surface area contributed by atoms with E-state index in [4.69, 9.17) is 16.3 Å². The van der Waals surface area contributed by atoms with Crippen LogP contribution in [-0.2, 0) is 23.1 Å². The van der Waals surface area contributed by atoms with Gasteiger partial charge in [0.25, 0.3) is 0 Å². The van der Waals surface area contributed by atoms with E-state index in [2.05, 4.69) is 24.3 Å². The van der Waals surface area contributed by atoms with Gasteiger partial charge in [0.15, 0.2) is 0 Å². The Morgan fingerprint density at radius 2 is 2.16 bits per heavy atom. The molecule has 1 aromatic heterocycles. The van der Waals surface area contributed by atoms with Crippen molar-refractivity contribution < 1.29 is 9.53 Å². The minimum atomic E-state index is -0.319. The second-order valence-corrected chi connectivity index (χ2v) is 5.42. The molecule has 108 valence electrons. The molecule has 5 nitrogen and oxygen atoms in total. The Morgan fingerprint density at radius 1 is 1.53 bits per heavy atom. The standard InChI is InChI=1S/C13H22ClN3O2/c1-8(2)6-11(13(18)19-5)15-7-10-9(3)16-17(4)12(10)14/h8,11,15H,6-7H2,1-5H3. The van der Waals surface area contributed by atoms with Crippen LogP contribution in [0, 0.1) is 12.8 Å². The quantitative estimate of drug-likeness (QED) is 0.814. The molecule has 1 aromatic rings. The fourth-order valence-corrected chi connectivity index (χ4v) is 2.22. The summed E-state index contributed by atoms with van der Waals surface area (Å²) in [6, 6.07) is -0.319. The zero-order chi connectivity index (χ0) is 14.6. The molecule has 0 saturated heterocycles. The third-order valence-corrected chi connectivity index (χ3v) is 3.46. The van der Waals surface area contributed by atoms with E-state index in [1.807, 2.05) is 6.92 Å². The molecule has 0 amide bonds. The zero-order valence-corrected chi connectivity index (χ0v) is 12.9. The van der Waals surface area contributed by atoms with Crippen LogP contribution >= 0.6 is 11.6 Å². The summed E-state index contributed by atoms with van der Waals surface area (Å²) in [5.74, 6) is 0.161. The maximum absolute atomic E-state index is 11.7. The Hall–Kier alpha value is -1.07. The molecule has 1 atom stereocenters. The van der Waals surface area contributed by atoms with Gasteiger partial charge in [-0.25, -0.2) is 0 Å². The van der Waals surface area contributed by atoms with Crippen molar-refractivity contribution >= 4 is 17.6 Å². The van der Waals surface area contributed by atoms with E-state index in [9.17, 15) is 4.79 Å². The average molecular weight is 288 g/mol. The number of rotatable bonds is 6. The van der Waals surface area contributed by atoms with Gasteiger partial charge in [-0.3, -0.25) is 9.48 Å². The number of hydrogen-bond donors (Lipinski definition) is 1. The van der Waals surface area contributed by atoms with Gasteiger partial charge in [0.05, 0.1) is 12.8 Å². The Kier molecular flexibility index (Phi) is 5.82. The monoisotopic (exact) mass is 287 g/mol. The summed E-state index contributed by atoms with van der Waals surface area (Å²) >= 11 is 6.16. The molecule has 0 spiro atoms. The number of halogens is 1. The second kappa shape index (κ2) is 6.91. The molecule has 0 radical (unpaired) electrons. The Balaban J connectivity index is 2.73. The SMILES string of the molecule is COC(=O)C(CC(C)C)NCc1c(C)nn(C)c1Cl. The molecule has 1 heterocycles. The normalized spacial score (nSPS) is 12.8. The molecular weight excluding hydrogens is 266 g/mol. The van der Waals surface area contributed by atoms with Crippen LogP contribution in [0.4, 0.5) is 0 Å². The molecule has 19 heavy (non-hydrogen) atoms. The number of hydrogen-bond acceptors (Lipinski definition) is 4. The molecular formula is C13H22ClN3O2. The van der Waals surface area contributed by atoms with Crippen LogP contribution in [-0.4, -0.2) is 28.9 Å². The van der Waals surface area contributed by atoms with Crippen LogP contribution in [0.25, 0.3) is 0 Å². The predicted molar refractivity (Wildman–Crippen MR) is 75.1 cm³/mol. The first-order chi connectivity index (χ1) is 8.86. The first-order valence-corrected chi connectivity index (χ1v) is 6.73. The van der Waals surface area contributed by atoms with E-state index in [1.165, 1.54) is 7.11 Å². The maximum Gasteiger partial charge on any atom is 0.322 e. The highest BCUT2D eigenvalue weighted by Crippen LogP contribution is 2.19. The lowest BCUT2D eigenvalue weighted by Crippen LogP contribution is -2.38. The van der Waals surface area contributed by atoms with Crippen molar-refractivity contribution in [2.24, 2.45) is 13.0 Å². The first-order valence-electron chi connectivity index (χ1n) is 6.36. The molecule has 0 fully saturated rings. The van der Waals surface area contributed by atoms with Crippen LogP contribution in [0.5, 0.6) is 0 Å². The van der Waals surface area contributed by atoms with Crippen LogP contribution in [0.1, 0.15) is 31.5 Å². The van der Waals surface area contributed by atoms with Gasteiger partial charge in [-0.2, -0.15) is 5.10 Å². The Bertz CT molecular complexity index is 443. The molecule has 0 aliphatic heterocycles. The molecule has 0 aliphatic rings. The minimum absolute atomic E-state index is 0.244. The minimum Gasteiger partial charge on any atom is -0.468 e. The van der Waals surface area contributed by atoms with Crippen LogP contribution in [0.3, 0.4) is 0 Å². The molecule has 0 aromatic carbocycles. The summed E-state index contributed by atoms with van der Waals surface area (Å²) in [6.45, 7) is 6.54. The second-order valence-electron chi connectivity index (χ2n) is 5.06. The van der Waals surface area contributed by atoms with Gasteiger partial charge < -0.3 is 10.1 Å². The fraction of sp³-hybridized carbons (Fsp3) is 0.692. The highest BCUT2D eigenvalue weighted by atomic mass is 35.5. The molecule has 0 saturated carbocycles. The third-order valence-electron chi connectivity index (χ3n) is 2.99. The van der Waals surface area contributed by atoms with Gasteiger partial charge in [-0.1, -0.05) is 25.4 Å². The van der Waals surface area contributed by atoms with E-state index in [0.29, 0.717) is 17.6 Å². The van der Waals surface area contributed by atoms with Crippen LogP contribution < -0.4 is 5.32 Å². The van der Waals surface area contributed by atoms with Gasteiger partial charge >= 0.3 is 5.97 Å². The number of carbonyl (C=O) groups excluding carboxylic acids is 1. The summed E-state index contributed by atoms with van der Waals surface area (Å²) in [6.07, 6.45) is 0.726. The smallest absolute Gasteiger partial charge is 0.322 e. The number of nitrogens with one attached hydrogen (secondary N) is 1. The summed E-state index contributed by atoms with van der Waals surface area (Å²) in [4.78, 5) is 11.7. The lowest BCUT2D eigenvalue weighted by molar-refractivity contribution is -0.143. The van der Waals surface area contributed by atoms with Gasteiger partial charge in [0, 0.05) is 19.2 Å². The van der Waals surface area contributed by atoms with Crippen molar-refractivity contribution in [1.29, 1.82) is 0 Å². The molecule has 0 aliphatic carbocycles. The average Bonchev–Trinajstić information content (AvgIpc) is 2.58. The number of esters is 1. The summed E-state index contributed by atoms with van der Waals surface area (Å²) in [5, 5.41) is 8.04. The molecule has 1 rings (SSSR count). The highest BCUT2D eigenvalue weighted by molar-refractivity contribution is 6.30. The van der Waals surface area contributed by atoms with Gasteiger partial charge in [0.1, 0.15) is 11.2 Å². The van der Waals surface area contributed by atoms with Crippen LogP contribution in [0.2, 0.25) is 5.15 Å². The molecule has 0 bridgehead atoms. The van der Waals surface area contributed by atoms with E-state index in [0.717, 1.165) is 17.7 Å². The van der Waals surface area contributed by atoms with E-state index >= 15 is 0 Å². The van der Waals surface area contributed by atoms with Crippen molar-refractivity contribution in [3.8, 4) is 0 Å². The lowest BCUT2D eigenvalue weighted by Gasteiger charge is -2.18. The fourth-order valence-electron chi connectivity index (χ4n) is 1.98. The summed E-state index contributed by atoms with van der Waals surface area (Å²) in [5.41, 5.74) is 1.79. The van der Waals surface area contributed by atoms with Crippen molar-refractivity contribution in [2.45, 2.75) is 39.8 Å². The molecule has 6 heteroatoms. The van der Waals surface area contributed by atoms with E-state index in [1.54, 1.807) is 11.7 Å². The summed E-state index contributed by atoms with van der Waals surface area (Å²) in [7, 11) is 3.20. The number of aryl methyl sites for hydroxylation is 2. The first kappa shape index (κ1) is 16.0. The zero-order valence-electron chi connectivity index (χ0n) is 12.2. The highest BCUT2D eigenvalue weighted by Gasteiger charge is 2.21. The molecule has 1 N–H and O–H groups in total. The number of aromatic nitrogens is 2. The Morgan fingerprint density at radius 3 is 2.58 bits per heavy atom. The maximum atomic E-state index is 11.7. The third kappa shape index (κ3) is 4.21. The molecule has 1 unspecified atom stereocenters. The predicted octanol–water partition coefficient (Wildman–Crippen LogP) is 2.06. The van der Waals surface area contributed by atoms with Crippen LogP contribution in [0.15, 0.2) is 0 Å². The van der Waals surface area contributed by atoms with E-state index in [-0.39, 0.29) is 12.0 Å². The van der Waals surface area contributed by atoms with Crippen molar-refractivity contribution in [2.75, 3.05) is 7.11 Å². The summed E-state index contributed by atoms with van der Waals surface area (Å²) < 4.78 is 6.44. The number of nitrogens with zero attached hydrogens (tertiary/aromatic N) is 2. The number of ether oxygens (including phenoxy) is 1. The largest absolute Gasteiger partial charge is 0.468 e. The number of carbonyl (C=O) groups is 1. The van der Waals surface area contributed by atoms with Crippen molar-refractivity contribution in [3.05, 3.63) is 16.4 Å². The van der Waals surface area contributed by atoms with Crippen molar-refractivity contribution in [3.63, 3.8) is 0 Å². The lowest BCUT2D eigenvalue weighted by atomic mass is 10.0. The van der Waals surface area contributed by atoms with E-state index < -0.39 is 0 Å². The number of methoxy groups -OCH3 is 1. The van der Waals surface area contributed by atoms with Gasteiger partial charge in [0.2, 0.25) is 0 Å². The van der Waals surface area contributed by atoms with Crippen molar-refractivity contribution in [1.82, 2.24) is 15.1 Å². The van der Waals surface area contributed by atoms with Gasteiger partial charge in [-0.15, -0.1) is 0 Å².